The molecule has 0 spiro atoms. The summed E-state index contributed by atoms with van der Waals surface area (Å²) in [5.41, 5.74) is 5.99. The molecule has 86 heavy (non-hydrogen) atoms. The van der Waals surface area contributed by atoms with Crippen LogP contribution in [0.1, 0.15) is 106 Å². The van der Waals surface area contributed by atoms with Crippen LogP contribution in [0.2, 0.25) is 0 Å². The molecule has 10 amide bonds. The average molecular weight is 1200 g/mol. The number of hydrogen-bond donors (Lipinski definition) is 11. The number of aliphatic hydroxyl groups excluding tert-OH is 2. The summed E-state index contributed by atoms with van der Waals surface area (Å²) in [5, 5.41) is 50.5. The Morgan fingerprint density at radius 1 is 0.860 bits per heavy atom. The van der Waals surface area contributed by atoms with Gasteiger partial charge in [-0.1, -0.05) is 20.8 Å². The van der Waals surface area contributed by atoms with Crippen LogP contribution >= 0.6 is 0 Å². The van der Waals surface area contributed by atoms with Crippen molar-refractivity contribution in [1.82, 2.24) is 51.7 Å². The van der Waals surface area contributed by atoms with Crippen LogP contribution in [0.5, 0.6) is 0 Å². The van der Waals surface area contributed by atoms with Gasteiger partial charge in [0, 0.05) is 60.7 Å². The number of nitrogens with one attached hydrogen (secondary N) is 7. The number of halogens is 1. The molecule has 462 valence electrons. The van der Waals surface area contributed by atoms with Crippen molar-refractivity contribution in [3.05, 3.63) is 73.8 Å². The second-order valence-electron chi connectivity index (χ2n) is 22.0. The molecule has 8 rings (SSSR count). The maximum Gasteiger partial charge on any atom is 0.343 e. The van der Waals surface area contributed by atoms with Crippen molar-refractivity contribution < 1.29 is 86.7 Å². The summed E-state index contributed by atoms with van der Waals surface area (Å²) in [6, 6.07) is -1.94. The molecular formula is C56H68FN11O18. The quantitative estimate of drug-likeness (QED) is 0.0133. The molecule has 1 aliphatic carbocycles. The highest BCUT2D eigenvalue weighted by molar-refractivity contribution is 6.14. The molecule has 4 aliphatic heterocycles. The second kappa shape index (κ2) is 26.4. The number of aryl methyl sites for hydroxylation is 1. The highest BCUT2D eigenvalue weighted by Crippen LogP contribution is 2.46. The lowest BCUT2D eigenvalue weighted by atomic mass is 9.81. The number of carbonyl (C=O) groups excluding carboxylic acids is 11. The molecule has 1 unspecified atom stereocenters. The van der Waals surface area contributed by atoms with Crippen LogP contribution < -0.4 is 48.5 Å². The molecule has 1 aromatic carbocycles. The largest absolute Gasteiger partial charge is 0.458 e. The van der Waals surface area contributed by atoms with Gasteiger partial charge >= 0.3 is 5.97 Å². The van der Waals surface area contributed by atoms with E-state index in [0.29, 0.717) is 56.8 Å². The Balaban J connectivity index is 0.857. The number of cyclic esters (lactones) is 1. The van der Waals surface area contributed by atoms with Gasteiger partial charge in [-0.05, 0) is 68.2 Å². The molecule has 1 fully saturated rings. The normalized spacial score (nSPS) is 21.8. The van der Waals surface area contributed by atoms with Gasteiger partial charge in [-0.15, -0.1) is 0 Å². The Morgan fingerprint density at radius 3 is 2.26 bits per heavy atom. The number of nitrogens with two attached hydrogens (primary N) is 1. The number of rotatable bonds is 25. The molecule has 3 aromatic rings. The van der Waals surface area contributed by atoms with E-state index >= 15 is 4.39 Å². The zero-order valence-electron chi connectivity index (χ0n) is 47.7. The Morgan fingerprint density at radius 2 is 1.57 bits per heavy atom. The van der Waals surface area contributed by atoms with E-state index in [4.69, 9.17) is 24.9 Å². The molecular weight excluding hydrogens is 1130 g/mol. The first-order valence-corrected chi connectivity index (χ1v) is 28.0. The molecule has 2 aromatic heterocycles. The van der Waals surface area contributed by atoms with E-state index in [1.54, 1.807) is 27.7 Å². The van der Waals surface area contributed by atoms with Crippen molar-refractivity contribution >= 4 is 75.9 Å². The molecule has 5 aliphatic rings. The van der Waals surface area contributed by atoms with Crippen LogP contribution in [-0.2, 0) is 92.1 Å². The highest BCUT2D eigenvalue weighted by atomic mass is 19.1. The number of aromatic nitrogens is 2. The third-order valence-corrected chi connectivity index (χ3v) is 15.8. The summed E-state index contributed by atoms with van der Waals surface area (Å²) in [6.07, 6.45) is -4.25. The summed E-state index contributed by atoms with van der Waals surface area (Å²) in [5.74, 6) is -9.61. The third kappa shape index (κ3) is 13.4. The lowest BCUT2D eigenvalue weighted by Gasteiger charge is -2.31. The highest BCUT2D eigenvalue weighted by Gasteiger charge is 2.47. The third-order valence-electron chi connectivity index (χ3n) is 15.8. The number of imide groups is 1. The van der Waals surface area contributed by atoms with Crippen LogP contribution in [0, 0.1) is 18.7 Å². The van der Waals surface area contributed by atoms with Crippen molar-refractivity contribution in [2.24, 2.45) is 11.7 Å². The first-order chi connectivity index (χ1) is 40.7. The minimum atomic E-state index is -2.08. The van der Waals surface area contributed by atoms with E-state index in [0.717, 1.165) is 12.2 Å². The van der Waals surface area contributed by atoms with E-state index < -0.39 is 176 Å². The van der Waals surface area contributed by atoms with Crippen molar-refractivity contribution in [2.75, 3.05) is 33.0 Å². The van der Waals surface area contributed by atoms with Gasteiger partial charge in [-0.2, -0.15) is 0 Å². The van der Waals surface area contributed by atoms with Crippen LogP contribution in [0.15, 0.2) is 29.1 Å². The summed E-state index contributed by atoms with van der Waals surface area (Å²) in [7, 11) is 0. The fourth-order valence-electron chi connectivity index (χ4n) is 11.1. The summed E-state index contributed by atoms with van der Waals surface area (Å²) >= 11 is 0. The van der Waals surface area contributed by atoms with Gasteiger partial charge in [-0.25, -0.2) is 14.2 Å². The maximum atomic E-state index is 15.4. The predicted octanol–water partition coefficient (Wildman–Crippen LogP) is -3.46. The Labute approximate surface area is 489 Å². The van der Waals surface area contributed by atoms with Gasteiger partial charge in [-0.3, -0.25) is 57.6 Å². The van der Waals surface area contributed by atoms with Gasteiger partial charge in [0.2, 0.25) is 47.3 Å². The zero-order valence-corrected chi connectivity index (χ0v) is 47.7. The van der Waals surface area contributed by atoms with E-state index in [1.807, 2.05) is 0 Å². The van der Waals surface area contributed by atoms with Crippen LogP contribution in [-0.4, -0.2) is 170 Å². The molecule has 0 radical (unpaired) electrons. The zero-order chi connectivity index (χ0) is 62.6. The lowest BCUT2D eigenvalue weighted by Crippen LogP contribution is -2.58. The van der Waals surface area contributed by atoms with Gasteiger partial charge < -0.3 is 77.0 Å². The van der Waals surface area contributed by atoms with Crippen LogP contribution in [0.4, 0.5) is 4.39 Å². The maximum absolute atomic E-state index is 15.4. The van der Waals surface area contributed by atoms with Gasteiger partial charge in [0.1, 0.15) is 68.7 Å². The smallest absolute Gasteiger partial charge is 0.343 e. The SMILES string of the molecule is CC[C@@]1(O)C(=O)OCc2c1cc1n(c2=O)Cc2c-1nc1cc(F)c(C)c3c1c2[C@@H](NC(=O)COCNC(=O)[C@H](C)NC(=O)[C@@H](NC(=O)C(CCC(=O)NC[C@H]1O[C@@H](CC(N)=O)[C@H](O)[C@@H]1O)NC(=O)CCNC(=O)CN1C(=O)C=CC1=O)C(C)C)CC3. The monoisotopic (exact) mass is 1200 g/mol. The van der Waals surface area contributed by atoms with E-state index in [9.17, 15) is 72.9 Å². The van der Waals surface area contributed by atoms with Crippen LogP contribution in [0.3, 0.4) is 0 Å². The fourth-order valence-corrected chi connectivity index (χ4v) is 11.1. The molecule has 12 N–H and O–H groups in total. The van der Waals surface area contributed by atoms with Gasteiger partial charge in [0.05, 0.1) is 47.6 Å². The molecule has 6 heterocycles. The average Bonchev–Trinajstić information content (AvgIpc) is 1.45. The number of primary amides is 1. The van der Waals surface area contributed by atoms with Crippen molar-refractivity contribution in [3.8, 4) is 11.4 Å². The number of pyridine rings is 2. The number of amides is 10. The minimum Gasteiger partial charge on any atom is -0.458 e. The molecule has 9 atom stereocenters. The Kier molecular flexibility index (Phi) is 19.4. The standard InChI is InChI=1S/C56H68FN11O18/c1-6-56(83)30-15-35-48-28(19-67(35)54(81)29(30)21-85-55(56)82)46-32(8-7-27-25(4)31(57)16-34(65-48)45(27)46)63-42(73)22-84-23-61-51(78)26(5)62-53(80)47(24(2)3)66-52(79)33(64-40(71)13-14-59-41(72)20-68-43(74)11-12-44(68)75)9-10-39(70)60-18-37-50(77)49(76)36(86-37)17-38(58)69/h11-12,15-16,24,26,32-33,36-37,47,49-50,76-77,83H,6-10,13-14,17-23H2,1-5H3,(H2,58,69)(H,59,72)(H,60,70)(H,61,78)(H,62,80)(H,63,73)(H,64,71)(H,66,79)/t26-,32-,33?,36-,37+,47-,49-,50+,56-/m0/s1. The number of esters is 1. The molecule has 30 heteroatoms. The first-order valence-electron chi connectivity index (χ1n) is 28.0. The first kappa shape index (κ1) is 63.4. The molecule has 29 nitrogen and oxygen atoms in total. The number of carbonyl (C=O) groups is 11. The number of benzene rings is 1. The number of hydrogen-bond acceptors (Lipinski definition) is 19. The van der Waals surface area contributed by atoms with Crippen molar-refractivity contribution in [2.45, 2.75) is 147 Å². The minimum absolute atomic E-state index is 0.0134. The number of aliphatic hydroxyl groups is 3. The summed E-state index contributed by atoms with van der Waals surface area (Å²) < 4.78 is 33.1. The molecule has 0 bridgehead atoms. The fraction of sp³-hybridized carbons (Fsp3) is 0.518. The topological polar surface area (TPSA) is 425 Å². The molecule has 1 saturated heterocycles. The van der Waals surface area contributed by atoms with E-state index in [-0.39, 0.29) is 55.7 Å². The predicted molar refractivity (Wildman–Crippen MR) is 294 cm³/mol. The van der Waals surface area contributed by atoms with E-state index in [1.165, 1.54) is 23.6 Å². The number of nitrogens with zero attached hydrogens (tertiary/aromatic N) is 3. The van der Waals surface area contributed by atoms with Crippen molar-refractivity contribution in [1.29, 1.82) is 0 Å². The van der Waals surface area contributed by atoms with Gasteiger partial charge in [0.25, 0.3) is 17.4 Å². The number of ether oxygens (including phenoxy) is 3. The van der Waals surface area contributed by atoms with Crippen LogP contribution in [0.25, 0.3) is 22.3 Å². The van der Waals surface area contributed by atoms with Gasteiger partial charge in [0.15, 0.2) is 5.60 Å². The summed E-state index contributed by atoms with van der Waals surface area (Å²) in [6.45, 7) is 5.09. The number of fused-ring (bicyclic) bond motifs is 5. The second-order valence-corrected chi connectivity index (χ2v) is 22.0. The Bertz CT molecular complexity index is 3390. The van der Waals surface area contributed by atoms with Crippen molar-refractivity contribution in [3.63, 3.8) is 0 Å². The van der Waals surface area contributed by atoms with E-state index in [2.05, 4.69) is 37.2 Å². The summed E-state index contributed by atoms with van der Waals surface area (Å²) in [4.78, 5) is 161. The molecule has 0 saturated carbocycles. The lowest BCUT2D eigenvalue weighted by molar-refractivity contribution is -0.172. The Hall–Kier alpha value is -8.58.